The van der Waals surface area contributed by atoms with E-state index in [1.165, 1.54) is 116 Å². The summed E-state index contributed by atoms with van der Waals surface area (Å²) in [4.78, 5) is 0. The molecule has 40 heavy (non-hydrogen) atoms. The molecule has 2 heterocycles. The van der Waals surface area contributed by atoms with Gasteiger partial charge in [0.25, 0.3) is 0 Å². The third-order valence-corrected chi connectivity index (χ3v) is 7.84. The molecule has 0 saturated heterocycles. The van der Waals surface area contributed by atoms with Gasteiger partial charge >= 0.3 is 0 Å². The molecule has 2 rings (SSSR count). The van der Waals surface area contributed by atoms with Gasteiger partial charge in [0, 0.05) is 37.1 Å². The summed E-state index contributed by atoms with van der Waals surface area (Å²) in [5, 5.41) is 0. The van der Waals surface area contributed by atoms with E-state index in [0.29, 0.717) is 0 Å². The van der Waals surface area contributed by atoms with Crippen molar-refractivity contribution in [3.63, 3.8) is 0 Å². The van der Waals surface area contributed by atoms with Crippen molar-refractivity contribution in [3.8, 4) is 11.5 Å². The normalized spacial score (nSPS) is 11.2. The van der Waals surface area contributed by atoms with E-state index in [1.807, 2.05) is 0 Å². The maximum absolute atomic E-state index is 5.95. The highest BCUT2D eigenvalue weighted by atomic mass is 16.5. The van der Waals surface area contributed by atoms with E-state index >= 15 is 0 Å². The van der Waals surface area contributed by atoms with E-state index in [4.69, 9.17) is 9.47 Å². The van der Waals surface area contributed by atoms with Gasteiger partial charge in [0.15, 0.2) is 24.8 Å². The van der Waals surface area contributed by atoms with Crippen LogP contribution in [0.4, 0.5) is 0 Å². The smallest absolute Gasteiger partial charge is 0.172 e. The summed E-state index contributed by atoms with van der Waals surface area (Å²) >= 11 is 0. The Bertz CT molecular complexity index is 737. The van der Waals surface area contributed by atoms with Crippen LogP contribution in [0.5, 0.6) is 11.5 Å². The summed E-state index contributed by atoms with van der Waals surface area (Å²) in [5.74, 6) is 1.97. The molecule has 0 aromatic carbocycles. The van der Waals surface area contributed by atoms with Crippen LogP contribution in [0, 0.1) is 0 Å². The molecule has 4 nitrogen and oxygen atoms in total. The number of rotatable bonds is 27. The van der Waals surface area contributed by atoms with Gasteiger partial charge in [-0.3, -0.25) is 0 Å². The quantitative estimate of drug-likeness (QED) is 0.0812. The standard InChI is InChI=1S/C36H62N2O2/c1-3-5-7-9-11-13-15-19-27-37-29-23-35(24-30-37)39-33-21-17-18-22-34-40-36-25-31-38(32-26-36)28-20-16-14-12-10-8-6-4-2/h23-26,29-32H,3-22,27-28,33-34H2,1-2H3/q+2. The van der Waals surface area contributed by atoms with E-state index in [0.717, 1.165) is 50.6 Å². The Morgan fingerprint density at radius 2 is 0.700 bits per heavy atom. The number of hydrogen-bond acceptors (Lipinski definition) is 2. The van der Waals surface area contributed by atoms with E-state index in [9.17, 15) is 0 Å². The first-order valence-electron chi connectivity index (χ1n) is 17.1. The van der Waals surface area contributed by atoms with Crippen molar-refractivity contribution < 1.29 is 18.6 Å². The second-order valence-electron chi connectivity index (χ2n) is 11.6. The van der Waals surface area contributed by atoms with Crippen molar-refractivity contribution in [3.05, 3.63) is 49.1 Å². The van der Waals surface area contributed by atoms with Gasteiger partial charge in [-0.05, 0) is 38.5 Å². The summed E-state index contributed by atoms with van der Waals surface area (Å²) in [5.41, 5.74) is 0. The molecule has 2 aromatic rings. The predicted molar refractivity (Wildman–Crippen MR) is 168 cm³/mol. The van der Waals surface area contributed by atoms with Crippen molar-refractivity contribution in [1.29, 1.82) is 0 Å². The molecule has 0 radical (unpaired) electrons. The van der Waals surface area contributed by atoms with Gasteiger partial charge in [-0.2, -0.15) is 0 Å². The van der Waals surface area contributed by atoms with Crippen molar-refractivity contribution >= 4 is 0 Å². The van der Waals surface area contributed by atoms with Crippen LogP contribution in [0.1, 0.15) is 142 Å². The molecule has 4 heteroatoms. The highest BCUT2D eigenvalue weighted by Crippen LogP contribution is 2.12. The van der Waals surface area contributed by atoms with Crippen LogP contribution in [0.25, 0.3) is 0 Å². The molecule has 0 aliphatic heterocycles. The van der Waals surface area contributed by atoms with E-state index in [1.54, 1.807) is 0 Å². The van der Waals surface area contributed by atoms with E-state index < -0.39 is 0 Å². The van der Waals surface area contributed by atoms with Crippen LogP contribution in [0.3, 0.4) is 0 Å². The molecule has 0 aliphatic carbocycles. The molecule has 0 atom stereocenters. The minimum absolute atomic E-state index is 0.792. The van der Waals surface area contributed by atoms with Crippen molar-refractivity contribution in [2.24, 2.45) is 0 Å². The number of pyridine rings is 2. The summed E-state index contributed by atoms with van der Waals surface area (Å²) in [6.07, 6.45) is 35.1. The zero-order valence-electron chi connectivity index (χ0n) is 26.3. The average molecular weight is 555 g/mol. The molecule has 0 fully saturated rings. The molecule has 0 amide bonds. The number of nitrogens with zero attached hydrogens (tertiary/aromatic N) is 2. The van der Waals surface area contributed by atoms with Crippen LogP contribution in [-0.4, -0.2) is 13.2 Å². The fourth-order valence-corrected chi connectivity index (χ4v) is 5.17. The molecule has 0 unspecified atom stereocenters. The maximum atomic E-state index is 5.95. The van der Waals surface area contributed by atoms with Gasteiger partial charge in [-0.25, -0.2) is 9.13 Å². The summed E-state index contributed by atoms with van der Waals surface area (Å²) in [6.45, 7) is 8.37. The highest BCUT2D eigenvalue weighted by Gasteiger charge is 2.04. The topological polar surface area (TPSA) is 26.2 Å². The van der Waals surface area contributed by atoms with Crippen LogP contribution in [0.2, 0.25) is 0 Å². The van der Waals surface area contributed by atoms with E-state index in [2.05, 4.69) is 72.0 Å². The first-order chi connectivity index (χ1) is 19.8. The van der Waals surface area contributed by atoms with Gasteiger partial charge in [0.1, 0.15) is 24.6 Å². The number of hydrogen-bond donors (Lipinski definition) is 0. The van der Waals surface area contributed by atoms with Crippen molar-refractivity contribution in [2.45, 2.75) is 155 Å². The van der Waals surface area contributed by atoms with Crippen molar-refractivity contribution in [2.75, 3.05) is 13.2 Å². The minimum Gasteiger partial charge on any atom is -0.493 e. The molecule has 0 N–H and O–H groups in total. The molecular weight excluding hydrogens is 492 g/mol. The SMILES string of the molecule is CCCCCCCCCC[n+]1ccc(OCCCCCCOc2cc[n+](CCCCCCCCCC)cc2)cc1. The molecule has 0 spiro atoms. The van der Waals surface area contributed by atoms with Gasteiger partial charge in [-0.1, -0.05) is 90.9 Å². The summed E-state index contributed by atoms with van der Waals surface area (Å²) in [7, 11) is 0. The number of aromatic nitrogens is 2. The lowest BCUT2D eigenvalue weighted by atomic mass is 10.1. The first-order valence-corrected chi connectivity index (χ1v) is 17.1. The zero-order valence-corrected chi connectivity index (χ0v) is 26.3. The lowest BCUT2D eigenvalue weighted by Crippen LogP contribution is -2.32. The van der Waals surface area contributed by atoms with Crippen molar-refractivity contribution in [1.82, 2.24) is 0 Å². The monoisotopic (exact) mass is 554 g/mol. The Balaban J connectivity index is 1.40. The summed E-state index contributed by atoms with van der Waals surface area (Å²) in [6, 6.07) is 8.44. The fraction of sp³-hybridized carbons (Fsp3) is 0.722. The third kappa shape index (κ3) is 18.3. The zero-order chi connectivity index (χ0) is 28.4. The number of ether oxygens (including phenoxy) is 2. The van der Waals surface area contributed by atoms with Crippen LogP contribution in [-0.2, 0) is 13.1 Å². The van der Waals surface area contributed by atoms with Crippen LogP contribution < -0.4 is 18.6 Å². The van der Waals surface area contributed by atoms with Gasteiger partial charge in [0.2, 0.25) is 0 Å². The Kier molecular flexibility index (Phi) is 21.0. The average Bonchev–Trinajstić information content (AvgIpc) is 2.98. The fourth-order valence-electron chi connectivity index (χ4n) is 5.17. The first kappa shape index (κ1) is 34.1. The largest absolute Gasteiger partial charge is 0.493 e. The van der Waals surface area contributed by atoms with Gasteiger partial charge in [0.05, 0.1) is 13.2 Å². The molecular formula is C36H62N2O2+2. The van der Waals surface area contributed by atoms with E-state index in [-0.39, 0.29) is 0 Å². The maximum Gasteiger partial charge on any atom is 0.172 e. The van der Waals surface area contributed by atoms with Crippen LogP contribution in [0.15, 0.2) is 49.1 Å². The molecule has 0 saturated carbocycles. The molecule has 0 aliphatic rings. The number of unbranched alkanes of at least 4 members (excludes halogenated alkanes) is 17. The molecule has 0 bridgehead atoms. The lowest BCUT2D eigenvalue weighted by Gasteiger charge is -2.07. The van der Waals surface area contributed by atoms with Gasteiger partial charge in [-0.15, -0.1) is 0 Å². The predicted octanol–water partition coefficient (Wildman–Crippen LogP) is 9.56. The second kappa shape index (κ2) is 24.7. The van der Waals surface area contributed by atoms with Gasteiger partial charge < -0.3 is 9.47 Å². The summed E-state index contributed by atoms with van der Waals surface area (Å²) < 4.78 is 16.5. The Morgan fingerprint density at radius 1 is 0.400 bits per heavy atom. The second-order valence-corrected chi connectivity index (χ2v) is 11.6. The Morgan fingerprint density at radius 3 is 1.05 bits per heavy atom. The third-order valence-electron chi connectivity index (χ3n) is 7.84. The minimum atomic E-state index is 0.792. The van der Waals surface area contributed by atoms with Crippen LogP contribution >= 0.6 is 0 Å². The Hall–Kier alpha value is -2.10. The molecule has 2 aromatic heterocycles. The number of aryl methyl sites for hydroxylation is 2. The lowest BCUT2D eigenvalue weighted by molar-refractivity contribution is -0.697. The Labute approximate surface area is 247 Å². The molecule has 226 valence electrons. The highest BCUT2D eigenvalue weighted by molar-refractivity contribution is 5.15.